The standard InChI is InChI=1S/C10H13N3/c1-10(2,3)9-7-4-11-5-8(7)12-6-13-9/h5-6H,4H2,1-3H3. The van der Waals surface area contributed by atoms with Gasteiger partial charge in [0.05, 0.1) is 17.9 Å². The molecule has 3 nitrogen and oxygen atoms in total. The number of hydrogen-bond donors (Lipinski definition) is 0. The zero-order chi connectivity index (χ0) is 9.47. The number of hydrogen-bond acceptors (Lipinski definition) is 3. The zero-order valence-electron chi connectivity index (χ0n) is 8.20. The summed E-state index contributed by atoms with van der Waals surface area (Å²) in [4.78, 5) is 12.7. The highest BCUT2D eigenvalue weighted by Crippen LogP contribution is 2.26. The van der Waals surface area contributed by atoms with Crippen LogP contribution < -0.4 is 0 Å². The maximum absolute atomic E-state index is 4.33. The molecular weight excluding hydrogens is 162 g/mol. The van der Waals surface area contributed by atoms with Crippen LogP contribution in [0.25, 0.3) is 0 Å². The topological polar surface area (TPSA) is 38.1 Å². The van der Waals surface area contributed by atoms with Gasteiger partial charge in [-0.2, -0.15) is 0 Å². The lowest BCUT2D eigenvalue weighted by Gasteiger charge is -2.19. The Morgan fingerprint density at radius 3 is 2.69 bits per heavy atom. The first-order valence-electron chi connectivity index (χ1n) is 4.43. The van der Waals surface area contributed by atoms with E-state index in [1.54, 1.807) is 6.33 Å². The van der Waals surface area contributed by atoms with Gasteiger partial charge >= 0.3 is 0 Å². The van der Waals surface area contributed by atoms with Gasteiger partial charge in [0, 0.05) is 17.2 Å². The normalized spacial score (nSPS) is 14.7. The third kappa shape index (κ3) is 1.34. The highest BCUT2D eigenvalue weighted by atomic mass is 14.9. The van der Waals surface area contributed by atoms with E-state index in [1.807, 2.05) is 6.21 Å². The van der Waals surface area contributed by atoms with Crippen molar-refractivity contribution in [2.24, 2.45) is 4.99 Å². The van der Waals surface area contributed by atoms with Crippen LogP contribution in [0.1, 0.15) is 37.7 Å². The number of nitrogens with zero attached hydrogens (tertiary/aromatic N) is 3. The molecule has 0 amide bonds. The molecule has 0 atom stereocenters. The average Bonchev–Trinajstić information content (AvgIpc) is 2.48. The molecule has 1 aromatic rings. The van der Waals surface area contributed by atoms with Crippen LogP contribution in [-0.2, 0) is 12.0 Å². The summed E-state index contributed by atoms with van der Waals surface area (Å²) in [6.07, 6.45) is 3.45. The Hall–Kier alpha value is -1.25. The Labute approximate surface area is 77.9 Å². The molecule has 0 radical (unpaired) electrons. The molecule has 0 unspecified atom stereocenters. The second-order valence-corrected chi connectivity index (χ2v) is 4.31. The average molecular weight is 175 g/mol. The molecule has 0 fully saturated rings. The molecule has 1 aromatic heterocycles. The van der Waals surface area contributed by atoms with Gasteiger partial charge in [-0.25, -0.2) is 9.97 Å². The molecule has 1 aliphatic heterocycles. The van der Waals surface area contributed by atoms with Crippen molar-refractivity contribution in [1.82, 2.24) is 9.97 Å². The van der Waals surface area contributed by atoms with Crippen LogP contribution in [0, 0.1) is 0 Å². The SMILES string of the molecule is CC(C)(C)c1ncnc2c1CN=C2. The summed E-state index contributed by atoms with van der Waals surface area (Å²) in [7, 11) is 0. The molecule has 1 aliphatic rings. The monoisotopic (exact) mass is 175 g/mol. The maximum atomic E-state index is 4.33. The van der Waals surface area contributed by atoms with Crippen molar-refractivity contribution in [3.8, 4) is 0 Å². The van der Waals surface area contributed by atoms with E-state index in [9.17, 15) is 0 Å². The number of aliphatic imine (C=N–C) groups is 1. The predicted octanol–water partition coefficient (Wildman–Crippen LogP) is 1.71. The van der Waals surface area contributed by atoms with Crippen molar-refractivity contribution in [3.63, 3.8) is 0 Å². The predicted molar refractivity (Wildman–Crippen MR) is 52.0 cm³/mol. The molecule has 0 saturated heterocycles. The summed E-state index contributed by atoms with van der Waals surface area (Å²) in [5, 5.41) is 0. The molecule has 13 heavy (non-hydrogen) atoms. The molecule has 2 rings (SSSR count). The summed E-state index contributed by atoms with van der Waals surface area (Å²) in [6, 6.07) is 0. The minimum Gasteiger partial charge on any atom is -0.286 e. The van der Waals surface area contributed by atoms with Crippen molar-refractivity contribution in [3.05, 3.63) is 23.3 Å². The Morgan fingerprint density at radius 1 is 1.23 bits per heavy atom. The van der Waals surface area contributed by atoms with Gasteiger partial charge in [0.25, 0.3) is 0 Å². The smallest absolute Gasteiger partial charge is 0.116 e. The highest BCUT2D eigenvalue weighted by Gasteiger charge is 2.23. The van der Waals surface area contributed by atoms with Crippen LogP contribution in [0.15, 0.2) is 11.3 Å². The van der Waals surface area contributed by atoms with Gasteiger partial charge in [-0.15, -0.1) is 0 Å². The largest absolute Gasteiger partial charge is 0.286 e. The summed E-state index contributed by atoms with van der Waals surface area (Å²) >= 11 is 0. The van der Waals surface area contributed by atoms with Crippen LogP contribution in [-0.4, -0.2) is 16.2 Å². The van der Waals surface area contributed by atoms with Crippen LogP contribution in [0.4, 0.5) is 0 Å². The van der Waals surface area contributed by atoms with Gasteiger partial charge in [-0.05, 0) is 0 Å². The van der Waals surface area contributed by atoms with Crippen molar-refractivity contribution in [1.29, 1.82) is 0 Å². The van der Waals surface area contributed by atoms with E-state index < -0.39 is 0 Å². The summed E-state index contributed by atoms with van der Waals surface area (Å²) < 4.78 is 0. The number of rotatable bonds is 0. The van der Waals surface area contributed by atoms with Gasteiger partial charge in [0.1, 0.15) is 6.33 Å². The molecule has 0 spiro atoms. The van der Waals surface area contributed by atoms with Crippen LogP contribution >= 0.6 is 0 Å². The van der Waals surface area contributed by atoms with Crippen LogP contribution in [0.3, 0.4) is 0 Å². The summed E-state index contributed by atoms with van der Waals surface area (Å²) in [6.45, 7) is 7.22. The molecule has 0 aromatic carbocycles. The van der Waals surface area contributed by atoms with E-state index in [4.69, 9.17) is 0 Å². The van der Waals surface area contributed by atoms with E-state index >= 15 is 0 Å². The second kappa shape index (κ2) is 2.62. The van der Waals surface area contributed by atoms with Crippen molar-refractivity contribution in [2.75, 3.05) is 0 Å². The fourth-order valence-corrected chi connectivity index (χ4v) is 1.56. The first kappa shape index (κ1) is 8.35. The van der Waals surface area contributed by atoms with E-state index in [1.165, 1.54) is 5.56 Å². The molecule has 0 aliphatic carbocycles. The fraction of sp³-hybridized carbons (Fsp3) is 0.500. The first-order valence-corrected chi connectivity index (χ1v) is 4.43. The van der Waals surface area contributed by atoms with Gasteiger partial charge in [0.15, 0.2) is 0 Å². The lowest BCUT2D eigenvalue weighted by atomic mass is 9.88. The van der Waals surface area contributed by atoms with E-state index in [2.05, 4.69) is 35.7 Å². The number of aromatic nitrogens is 2. The Bertz CT molecular complexity index is 361. The molecule has 0 saturated carbocycles. The lowest BCUT2D eigenvalue weighted by molar-refractivity contribution is 0.559. The van der Waals surface area contributed by atoms with E-state index in [-0.39, 0.29) is 5.41 Å². The Kier molecular flexibility index (Phi) is 1.68. The minimum atomic E-state index is 0.0841. The third-order valence-electron chi connectivity index (χ3n) is 2.15. The van der Waals surface area contributed by atoms with Crippen molar-refractivity contribution >= 4 is 6.21 Å². The molecule has 68 valence electrons. The van der Waals surface area contributed by atoms with Gasteiger partial charge < -0.3 is 0 Å². The summed E-state index contributed by atoms with van der Waals surface area (Å²) in [5.74, 6) is 0. The van der Waals surface area contributed by atoms with Crippen molar-refractivity contribution in [2.45, 2.75) is 32.7 Å². The van der Waals surface area contributed by atoms with Crippen molar-refractivity contribution < 1.29 is 0 Å². The van der Waals surface area contributed by atoms with Crippen LogP contribution in [0.5, 0.6) is 0 Å². The molecule has 0 N–H and O–H groups in total. The fourth-order valence-electron chi connectivity index (χ4n) is 1.56. The quantitative estimate of drug-likeness (QED) is 0.602. The van der Waals surface area contributed by atoms with Gasteiger partial charge in [-0.3, -0.25) is 4.99 Å². The Balaban J connectivity index is 2.57. The maximum Gasteiger partial charge on any atom is 0.116 e. The molecule has 2 heterocycles. The third-order valence-corrected chi connectivity index (χ3v) is 2.15. The Morgan fingerprint density at radius 2 is 2.00 bits per heavy atom. The zero-order valence-corrected chi connectivity index (χ0v) is 8.20. The highest BCUT2D eigenvalue weighted by molar-refractivity contribution is 5.82. The first-order chi connectivity index (χ1) is 6.09. The number of fused-ring (bicyclic) bond motifs is 1. The molecule has 0 bridgehead atoms. The van der Waals surface area contributed by atoms with E-state index in [0.29, 0.717) is 0 Å². The van der Waals surface area contributed by atoms with Gasteiger partial charge in [-0.1, -0.05) is 20.8 Å². The summed E-state index contributed by atoms with van der Waals surface area (Å²) in [5.41, 5.74) is 3.38. The molecular formula is C10H13N3. The lowest BCUT2D eigenvalue weighted by Crippen LogP contribution is -2.17. The minimum absolute atomic E-state index is 0.0841. The van der Waals surface area contributed by atoms with Crippen LogP contribution in [0.2, 0.25) is 0 Å². The second-order valence-electron chi connectivity index (χ2n) is 4.31. The molecule has 3 heteroatoms. The van der Waals surface area contributed by atoms with Gasteiger partial charge in [0.2, 0.25) is 0 Å². The van der Waals surface area contributed by atoms with E-state index in [0.717, 1.165) is 17.9 Å².